The van der Waals surface area contributed by atoms with Gasteiger partial charge in [-0.25, -0.2) is 13.1 Å². The standard InChI is InChI=1S/C18H23N3O3S2/c1-20(2)16(17-5-4-10-25-17)12-19-26(23,24)14-7-8-15-13(11-14)6-9-18(22)21(15)3/h4-5,7-8,10-11,16,19H,6,9,12H2,1-3H3. The molecule has 6 nitrogen and oxygen atoms in total. The first-order valence-corrected chi connectivity index (χ1v) is 10.7. The second-order valence-electron chi connectivity index (χ2n) is 6.59. The van der Waals surface area contributed by atoms with Crippen LogP contribution in [0.5, 0.6) is 0 Å². The van der Waals surface area contributed by atoms with Gasteiger partial charge in [-0.2, -0.15) is 0 Å². The van der Waals surface area contributed by atoms with Gasteiger partial charge in [-0.15, -0.1) is 11.3 Å². The lowest BCUT2D eigenvalue weighted by molar-refractivity contribution is -0.118. The number of hydrogen-bond donors (Lipinski definition) is 1. The van der Waals surface area contributed by atoms with Gasteiger partial charge < -0.3 is 9.80 Å². The zero-order chi connectivity index (χ0) is 18.9. The highest BCUT2D eigenvalue weighted by molar-refractivity contribution is 7.89. The minimum atomic E-state index is -3.62. The van der Waals surface area contributed by atoms with Crippen LogP contribution in [0, 0.1) is 0 Å². The van der Waals surface area contributed by atoms with Gasteiger partial charge in [0.2, 0.25) is 15.9 Å². The van der Waals surface area contributed by atoms with Gasteiger partial charge in [0, 0.05) is 30.6 Å². The van der Waals surface area contributed by atoms with E-state index in [0.717, 1.165) is 16.1 Å². The van der Waals surface area contributed by atoms with Crippen molar-refractivity contribution in [2.75, 3.05) is 32.6 Å². The maximum Gasteiger partial charge on any atom is 0.240 e. The normalized spacial score (nSPS) is 16.0. The number of aryl methyl sites for hydroxylation is 1. The highest BCUT2D eigenvalue weighted by Crippen LogP contribution is 2.29. The number of fused-ring (bicyclic) bond motifs is 1. The summed E-state index contributed by atoms with van der Waals surface area (Å²) >= 11 is 1.61. The fraction of sp³-hybridized carbons (Fsp3) is 0.389. The quantitative estimate of drug-likeness (QED) is 0.817. The number of carbonyl (C=O) groups excluding carboxylic acids is 1. The molecule has 0 radical (unpaired) electrons. The van der Waals surface area contributed by atoms with Crippen molar-refractivity contribution in [1.82, 2.24) is 9.62 Å². The topological polar surface area (TPSA) is 69.7 Å². The van der Waals surface area contributed by atoms with E-state index in [0.29, 0.717) is 19.4 Å². The summed E-state index contributed by atoms with van der Waals surface area (Å²) in [7, 11) is 1.97. The summed E-state index contributed by atoms with van der Waals surface area (Å²) in [5.41, 5.74) is 1.67. The van der Waals surface area contributed by atoms with Crippen molar-refractivity contribution >= 4 is 33.0 Å². The van der Waals surface area contributed by atoms with Crippen LogP contribution in [0.3, 0.4) is 0 Å². The molecule has 1 aromatic heterocycles. The zero-order valence-corrected chi connectivity index (χ0v) is 16.7. The molecule has 0 fully saturated rings. The Balaban J connectivity index is 1.79. The SMILES string of the molecule is CN1C(=O)CCc2cc(S(=O)(=O)NCC(c3cccs3)N(C)C)ccc21. The molecule has 0 spiro atoms. The molecule has 1 atom stereocenters. The van der Waals surface area contributed by atoms with Crippen molar-refractivity contribution in [3.8, 4) is 0 Å². The monoisotopic (exact) mass is 393 g/mol. The Morgan fingerprint density at radius 2 is 2.04 bits per heavy atom. The number of nitrogens with one attached hydrogen (secondary N) is 1. The molecule has 1 aromatic carbocycles. The fourth-order valence-electron chi connectivity index (χ4n) is 3.09. The van der Waals surface area contributed by atoms with E-state index < -0.39 is 10.0 Å². The van der Waals surface area contributed by atoms with Crippen LogP contribution in [0.15, 0.2) is 40.6 Å². The largest absolute Gasteiger partial charge is 0.315 e. The van der Waals surface area contributed by atoms with Crippen molar-refractivity contribution < 1.29 is 13.2 Å². The van der Waals surface area contributed by atoms with Gasteiger partial charge >= 0.3 is 0 Å². The first-order valence-electron chi connectivity index (χ1n) is 8.38. The molecular weight excluding hydrogens is 370 g/mol. The predicted molar refractivity (Wildman–Crippen MR) is 104 cm³/mol. The molecule has 2 aromatic rings. The summed E-state index contributed by atoms with van der Waals surface area (Å²) in [5, 5.41) is 1.99. The molecule has 140 valence electrons. The van der Waals surface area contributed by atoms with Gasteiger partial charge in [0.05, 0.1) is 10.9 Å². The van der Waals surface area contributed by atoms with E-state index >= 15 is 0 Å². The summed E-state index contributed by atoms with van der Waals surface area (Å²) < 4.78 is 28.2. The lowest BCUT2D eigenvalue weighted by Gasteiger charge is -2.26. The zero-order valence-electron chi connectivity index (χ0n) is 15.1. The number of amides is 1. The van der Waals surface area contributed by atoms with Crippen molar-refractivity contribution in [3.63, 3.8) is 0 Å². The molecule has 3 rings (SSSR count). The summed E-state index contributed by atoms with van der Waals surface area (Å²) in [6.07, 6.45) is 0.971. The highest BCUT2D eigenvalue weighted by Gasteiger charge is 2.25. The molecule has 26 heavy (non-hydrogen) atoms. The van der Waals surface area contributed by atoms with Crippen LogP contribution in [0.1, 0.15) is 22.9 Å². The van der Waals surface area contributed by atoms with Crippen molar-refractivity contribution in [3.05, 3.63) is 46.2 Å². The van der Waals surface area contributed by atoms with Crippen LogP contribution in [-0.2, 0) is 21.2 Å². The molecule has 1 unspecified atom stereocenters. The van der Waals surface area contributed by atoms with Gasteiger partial charge in [-0.05, 0) is 55.7 Å². The number of nitrogens with zero attached hydrogens (tertiary/aromatic N) is 2. The summed E-state index contributed by atoms with van der Waals surface area (Å²) in [4.78, 5) is 16.7. The fourth-order valence-corrected chi connectivity index (χ4v) is 5.10. The Morgan fingerprint density at radius 1 is 1.27 bits per heavy atom. The minimum Gasteiger partial charge on any atom is -0.315 e. The van der Waals surface area contributed by atoms with Gasteiger partial charge in [0.25, 0.3) is 0 Å². The molecule has 8 heteroatoms. The van der Waals surface area contributed by atoms with E-state index in [1.807, 2.05) is 36.5 Å². The molecule has 2 heterocycles. The van der Waals surface area contributed by atoms with Crippen molar-refractivity contribution in [2.45, 2.75) is 23.8 Å². The molecule has 1 aliphatic rings. The second-order valence-corrected chi connectivity index (χ2v) is 9.34. The number of thiophene rings is 1. The summed E-state index contributed by atoms with van der Waals surface area (Å²) in [6.45, 7) is 0.297. The third kappa shape index (κ3) is 3.83. The Hall–Kier alpha value is -1.74. The van der Waals surface area contributed by atoms with E-state index in [1.54, 1.807) is 41.5 Å². The van der Waals surface area contributed by atoms with E-state index in [4.69, 9.17) is 0 Å². The molecule has 0 bridgehead atoms. The average Bonchev–Trinajstić information content (AvgIpc) is 3.12. The van der Waals surface area contributed by atoms with E-state index in [1.165, 1.54) is 0 Å². The van der Waals surface area contributed by atoms with Gasteiger partial charge in [-0.1, -0.05) is 6.07 Å². The average molecular weight is 394 g/mol. The first-order chi connectivity index (χ1) is 12.3. The summed E-state index contributed by atoms with van der Waals surface area (Å²) in [6, 6.07) is 8.90. The summed E-state index contributed by atoms with van der Waals surface area (Å²) in [5.74, 6) is 0.0519. The number of anilines is 1. The van der Waals surface area contributed by atoms with Gasteiger partial charge in [0.15, 0.2) is 0 Å². The minimum absolute atomic E-state index is 0.0221. The van der Waals surface area contributed by atoms with Crippen LogP contribution in [0.2, 0.25) is 0 Å². The van der Waals surface area contributed by atoms with Crippen LogP contribution < -0.4 is 9.62 Å². The molecular formula is C18H23N3O3S2. The Bertz CT molecular complexity index is 892. The van der Waals surface area contributed by atoms with Crippen LogP contribution in [0.4, 0.5) is 5.69 Å². The number of hydrogen-bond acceptors (Lipinski definition) is 5. The van der Waals surface area contributed by atoms with E-state index in [9.17, 15) is 13.2 Å². The van der Waals surface area contributed by atoms with Crippen LogP contribution >= 0.6 is 11.3 Å². The molecule has 1 N–H and O–H groups in total. The Morgan fingerprint density at radius 3 is 2.69 bits per heavy atom. The number of benzene rings is 1. The van der Waals surface area contributed by atoms with Crippen LogP contribution in [0.25, 0.3) is 0 Å². The number of rotatable bonds is 6. The van der Waals surface area contributed by atoms with Crippen molar-refractivity contribution in [2.24, 2.45) is 0 Å². The lowest BCUT2D eigenvalue weighted by Crippen LogP contribution is -2.34. The highest BCUT2D eigenvalue weighted by atomic mass is 32.2. The van der Waals surface area contributed by atoms with Gasteiger partial charge in [0.1, 0.15) is 0 Å². The third-order valence-corrected chi connectivity index (χ3v) is 7.06. The van der Waals surface area contributed by atoms with Crippen LogP contribution in [-0.4, -0.2) is 46.9 Å². The molecule has 0 saturated heterocycles. The van der Waals surface area contributed by atoms with E-state index in [-0.39, 0.29) is 16.8 Å². The first kappa shape index (κ1) is 19.0. The third-order valence-electron chi connectivity index (χ3n) is 4.67. The lowest BCUT2D eigenvalue weighted by atomic mass is 10.0. The number of carbonyl (C=O) groups is 1. The smallest absolute Gasteiger partial charge is 0.240 e. The van der Waals surface area contributed by atoms with Crippen molar-refractivity contribution in [1.29, 1.82) is 0 Å². The maximum absolute atomic E-state index is 12.8. The maximum atomic E-state index is 12.8. The number of likely N-dealkylation sites (N-methyl/N-ethyl adjacent to an activating group) is 1. The predicted octanol–water partition coefficient (Wildman–Crippen LogP) is 2.24. The number of sulfonamides is 1. The Kier molecular flexibility index (Phi) is 5.47. The Labute approximate surface area is 158 Å². The molecule has 1 aliphatic heterocycles. The molecule has 0 aliphatic carbocycles. The van der Waals surface area contributed by atoms with E-state index in [2.05, 4.69) is 4.72 Å². The molecule has 0 saturated carbocycles. The molecule has 1 amide bonds. The van der Waals surface area contributed by atoms with Gasteiger partial charge in [-0.3, -0.25) is 4.79 Å². The second kappa shape index (κ2) is 7.48.